The number of amides is 1. The van der Waals surface area contributed by atoms with Crippen LogP contribution >= 0.6 is 0 Å². The number of fused-ring (bicyclic) bond motifs is 1. The molecule has 6 nitrogen and oxygen atoms in total. The molecule has 26 heavy (non-hydrogen) atoms. The van der Waals surface area contributed by atoms with E-state index in [0.29, 0.717) is 13.1 Å². The van der Waals surface area contributed by atoms with Crippen molar-refractivity contribution >= 4 is 11.9 Å². The number of imidazole rings is 1. The van der Waals surface area contributed by atoms with Crippen LogP contribution in [0.4, 0.5) is 0 Å². The summed E-state index contributed by atoms with van der Waals surface area (Å²) >= 11 is 0. The van der Waals surface area contributed by atoms with Gasteiger partial charge in [-0.05, 0) is 23.3 Å². The molecule has 0 radical (unpaired) electrons. The fourth-order valence-electron chi connectivity index (χ4n) is 3.30. The molecule has 0 saturated carbocycles. The molecule has 0 spiro atoms. The third-order valence-electron chi connectivity index (χ3n) is 4.61. The maximum Gasteiger partial charge on any atom is 0.335 e. The van der Waals surface area contributed by atoms with Crippen LogP contribution in [0.2, 0.25) is 0 Å². The normalized spacial score (nSPS) is 16.4. The average molecular weight is 347 g/mol. The maximum absolute atomic E-state index is 13.2. The first-order valence-corrected chi connectivity index (χ1v) is 8.30. The van der Waals surface area contributed by atoms with Crippen molar-refractivity contribution in [3.63, 3.8) is 0 Å². The van der Waals surface area contributed by atoms with Gasteiger partial charge < -0.3 is 14.6 Å². The minimum absolute atomic E-state index is 0.0255. The third kappa shape index (κ3) is 2.86. The lowest BCUT2D eigenvalue weighted by molar-refractivity contribution is -0.136. The van der Waals surface area contributed by atoms with E-state index in [1.54, 1.807) is 24.7 Å². The summed E-state index contributed by atoms with van der Waals surface area (Å²) in [6.07, 6.45) is 3.42. The van der Waals surface area contributed by atoms with Crippen molar-refractivity contribution in [3.8, 4) is 0 Å². The number of aromatic carboxylic acids is 1. The number of nitrogens with zero attached hydrogens (tertiary/aromatic N) is 3. The summed E-state index contributed by atoms with van der Waals surface area (Å²) in [5.41, 5.74) is 2.96. The Morgan fingerprint density at radius 2 is 1.85 bits per heavy atom. The van der Waals surface area contributed by atoms with Crippen molar-refractivity contribution in [3.05, 3.63) is 89.5 Å². The second-order valence-electron chi connectivity index (χ2n) is 6.30. The van der Waals surface area contributed by atoms with E-state index in [9.17, 15) is 9.59 Å². The lowest BCUT2D eigenvalue weighted by Crippen LogP contribution is -2.42. The highest BCUT2D eigenvalue weighted by Crippen LogP contribution is 2.29. The van der Waals surface area contributed by atoms with Crippen LogP contribution in [-0.2, 0) is 17.9 Å². The molecule has 1 aliphatic rings. The Balaban J connectivity index is 1.69. The molecule has 2 aromatic carbocycles. The summed E-state index contributed by atoms with van der Waals surface area (Å²) in [5, 5.41) is 9.08. The van der Waals surface area contributed by atoms with E-state index in [4.69, 9.17) is 5.11 Å². The molecule has 130 valence electrons. The molecule has 0 saturated heterocycles. The Bertz CT molecular complexity index is 948. The van der Waals surface area contributed by atoms with Gasteiger partial charge in [-0.3, -0.25) is 4.79 Å². The first kappa shape index (κ1) is 16.1. The molecule has 1 unspecified atom stereocenters. The number of rotatable bonds is 4. The molecule has 0 fully saturated rings. The molecule has 1 aromatic heterocycles. The van der Waals surface area contributed by atoms with Crippen molar-refractivity contribution in [2.24, 2.45) is 0 Å². The molecular formula is C20H17N3O3. The first-order valence-electron chi connectivity index (χ1n) is 8.30. The fraction of sp³-hybridized carbons (Fsp3) is 0.150. The van der Waals surface area contributed by atoms with Crippen molar-refractivity contribution < 1.29 is 14.7 Å². The Morgan fingerprint density at radius 3 is 2.54 bits per heavy atom. The molecule has 6 heteroatoms. The molecule has 1 aliphatic heterocycles. The zero-order chi connectivity index (χ0) is 18.1. The summed E-state index contributed by atoms with van der Waals surface area (Å²) in [6.45, 7) is 1.02. The Morgan fingerprint density at radius 1 is 1.12 bits per heavy atom. The van der Waals surface area contributed by atoms with E-state index < -0.39 is 12.0 Å². The second-order valence-corrected chi connectivity index (χ2v) is 6.30. The number of carbonyl (C=O) groups is 2. The van der Waals surface area contributed by atoms with Gasteiger partial charge in [0.1, 0.15) is 6.04 Å². The molecule has 1 amide bonds. The highest BCUT2D eigenvalue weighted by molar-refractivity contribution is 5.88. The van der Waals surface area contributed by atoms with Gasteiger partial charge in [0.15, 0.2) is 0 Å². The van der Waals surface area contributed by atoms with Crippen LogP contribution in [-0.4, -0.2) is 31.4 Å². The highest BCUT2D eigenvalue weighted by Gasteiger charge is 2.34. The quantitative estimate of drug-likeness (QED) is 0.787. The Hall–Kier alpha value is -3.41. The summed E-state index contributed by atoms with van der Waals surface area (Å²) < 4.78 is 1.86. The molecule has 0 bridgehead atoms. The van der Waals surface area contributed by atoms with E-state index in [0.717, 1.165) is 16.8 Å². The van der Waals surface area contributed by atoms with Crippen LogP contribution in [0, 0.1) is 0 Å². The fourth-order valence-corrected chi connectivity index (χ4v) is 3.30. The number of hydrogen-bond donors (Lipinski definition) is 1. The molecule has 3 aromatic rings. The topological polar surface area (TPSA) is 75.4 Å². The van der Waals surface area contributed by atoms with Crippen LogP contribution in [0.5, 0.6) is 0 Å². The van der Waals surface area contributed by atoms with Crippen LogP contribution in [0.25, 0.3) is 0 Å². The molecular weight excluding hydrogens is 330 g/mol. The number of aromatic nitrogens is 2. The third-order valence-corrected chi connectivity index (χ3v) is 4.61. The monoisotopic (exact) mass is 347 g/mol. The van der Waals surface area contributed by atoms with Gasteiger partial charge in [-0.2, -0.15) is 0 Å². The predicted molar refractivity (Wildman–Crippen MR) is 94.5 cm³/mol. The zero-order valence-corrected chi connectivity index (χ0v) is 13.9. The van der Waals surface area contributed by atoms with E-state index >= 15 is 0 Å². The van der Waals surface area contributed by atoms with Crippen molar-refractivity contribution in [1.82, 2.24) is 14.5 Å². The van der Waals surface area contributed by atoms with Crippen molar-refractivity contribution in [1.29, 1.82) is 0 Å². The van der Waals surface area contributed by atoms with Gasteiger partial charge >= 0.3 is 5.97 Å². The predicted octanol–water partition coefficient (Wildman–Crippen LogP) is 2.71. The minimum Gasteiger partial charge on any atom is -0.478 e. The zero-order valence-electron chi connectivity index (χ0n) is 13.9. The number of carboxylic acids is 1. The summed E-state index contributed by atoms with van der Waals surface area (Å²) in [5.74, 6) is -1.01. The smallest absolute Gasteiger partial charge is 0.335 e. The largest absolute Gasteiger partial charge is 0.478 e. The number of carbonyl (C=O) groups excluding carboxylic acids is 1. The van der Waals surface area contributed by atoms with E-state index in [-0.39, 0.29) is 11.5 Å². The van der Waals surface area contributed by atoms with E-state index in [1.807, 2.05) is 39.8 Å². The molecule has 2 heterocycles. The maximum atomic E-state index is 13.2. The Labute approximate surface area is 150 Å². The van der Waals surface area contributed by atoms with Gasteiger partial charge in [0, 0.05) is 12.7 Å². The summed E-state index contributed by atoms with van der Waals surface area (Å²) in [6, 6.07) is 15.8. The van der Waals surface area contributed by atoms with Crippen LogP contribution in [0.1, 0.15) is 33.2 Å². The summed E-state index contributed by atoms with van der Waals surface area (Å²) in [4.78, 5) is 30.2. The number of benzene rings is 2. The number of hydrogen-bond acceptors (Lipinski definition) is 3. The van der Waals surface area contributed by atoms with Gasteiger partial charge in [-0.15, -0.1) is 0 Å². The van der Waals surface area contributed by atoms with E-state index in [1.165, 1.54) is 12.1 Å². The standard InChI is InChI=1S/C20H17N3O3/c24-19-18(15-6-8-16(9-7-15)20(25)26)23-13-21-10-17(23)12-22(19)11-14-4-2-1-3-5-14/h1-10,13,18H,11-12H2,(H,25,26). The van der Waals surface area contributed by atoms with Gasteiger partial charge in [0.2, 0.25) is 0 Å². The lowest BCUT2D eigenvalue weighted by Gasteiger charge is -2.34. The minimum atomic E-state index is -0.986. The highest BCUT2D eigenvalue weighted by atomic mass is 16.4. The lowest BCUT2D eigenvalue weighted by atomic mass is 10.0. The van der Waals surface area contributed by atoms with Gasteiger partial charge in [0.25, 0.3) is 5.91 Å². The second kappa shape index (κ2) is 6.48. The van der Waals surface area contributed by atoms with E-state index in [2.05, 4.69) is 4.98 Å². The average Bonchev–Trinajstić information content (AvgIpc) is 3.11. The number of carboxylic acid groups (broad SMARTS) is 1. The van der Waals surface area contributed by atoms with Crippen molar-refractivity contribution in [2.45, 2.75) is 19.1 Å². The Kier molecular flexibility index (Phi) is 4.01. The molecule has 1 N–H and O–H groups in total. The van der Waals surface area contributed by atoms with Crippen LogP contribution in [0.15, 0.2) is 67.1 Å². The first-order chi connectivity index (χ1) is 12.6. The molecule has 0 aliphatic carbocycles. The summed E-state index contributed by atoms with van der Waals surface area (Å²) in [7, 11) is 0. The van der Waals surface area contributed by atoms with Crippen LogP contribution in [0.3, 0.4) is 0 Å². The van der Waals surface area contributed by atoms with Crippen molar-refractivity contribution in [2.75, 3.05) is 0 Å². The molecule has 1 atom stereocenters. The van der Waals surface area contributed by atoms with Gasteiger partial charge in [-0.25, -0.2) is 9.78 Å². The SMILES string of the molecule is O=C(O)c1ccc(C2C(=O)N(Cc3ccccc3)Cc3cncn32)cc1. The van der Waals surface area contributed by atoms with Gasteiger partial charge in [-0.1, -0.05) is 42.5 Å². The van der Waals surface area contributed by atoms with Crippen LogP contribution < -0.4 is 0 Å². The molecule has 4 rings (SSSR count). The van der Waals surface area contributed by atoms with Gasteiger partial charge in [0.05, 0.1) is 24.1 Å².